The van der Waals surface area contributed by atoms with E-state index in [2.05, 4.69) is 10.6 Å². The zero-order valence-electron chi connectivity index (χ0n) is 15.1. The van der Waals surface area contributed by atoms with E-state index in [1.807, 2.05) is 4.90 Å². The minimum absolute atomic E-state index is 0.139. The van der Waals surface area contributed by atoms with E-state index in [-0.39, 0.29) is 17.8 Å². The van der Waals surface area contributed by atoms with E-state index in [0.29, 0.717) is 18.7 Å². The summed E-state index contributed by atoms with van der Waals surface area (Å²) >= 11 is 0. The molecule has 1 amide bonds. The lowest BCUT2D eigenvalue weighted by Gasteiger charge is -2.28. The monoisotopic (exact) mass is 377 g/mol. The first-order valence-electron chi connectivity index (χ1n) is 8.85. The molecule has 0 aliphatic carbocycles. The molecule has 2 aromatic rings. The average molecular weight is 377 g/mol. The zero-order valence-corrected chi connectivity index (χ0v) is 15.1. The Balaban J connectivity index is 1.82. The van der Waals surface area contributed by atoms with Crippen molar-refractivity contribution in [3.63, 3.8) is 0 Å². The van der Waals surface area contributed by atoms with Crippen molar-refractivity contribution < 1.29 is 18.0 Å². The first-order valence-corrected chi connectivity index (χ1v) is 8.85. The first-order chi connectivity index (χ1) is 12.8. The maximum absolute atomic E-state index is 13.6. The molecule has 1 heterocycles. The topological polar surface area (TPSA) is 44.4 Å². The summed E-state index contributed by atoms with van der Waals surface area (Å²) in [7, 11) is 0. The molecule has 1 aliphatic heterocycles. The van der Waals surface area contributed by atoms with Crippen molar-refractivity contribution in [3.05, 3.63) is 64.7 Å². The number of nitrogens with zero attached hydrogens (tertiary/aromatic N) is 1. The number of nitrogens with one attached hydrogen (secondary N) is 2. The molecule has 0 bridgehead atoms. The van der Waals surface area contributed by atoms with Crippen LogP contribution in [-0.2, 0) is 12.7 Å². The maximum atomic E-state index is 13.6. The molecule has 2 N–H and O–H groups in total. The minimum Gasteiger partial charge on any atom is -0.322 e. The third-order valence-electron chi connectivity index (χ3n) is 4.67. The lowest BCUT2D eigenvalue weighted by atomic mass is 10.0. The number of alkyl halides is 3. The number of anilines is 1. The second kappa shape index (κ2) is 8.10. The van der Waals surface area contributed by atoms with Gasteiger partial charge in [0, 0.05) is 44.0 Å². The molecule has 2 aromatic carbocycles. The molecule has 1 aliphatic rings. The van der Waals surface area contributed by atoms with Crippen molar-refractivity contribution in [1.29, 1.82) is 0 Å². The Kier molecular flexibility index (Phi) is 5.82. The number of hydrogen-bond donors (Lipinski definition) is 2. The maximum Gasteiger partial charge on any atom is 0.416 e. The minimum atomic E-state index is -4.48. The first kappa shape index (κ1) is 19.4. The molecule has 0 radical (unpaired) electrons. The molecule has 4 nitrogen and oxygen atoms in total. The number of piperazine rings is 1. The van der Waals surface area contributed by atoms with Crippen molar-refractivity contribution in [1.82, 2.24) is 10.2 Å². The van der Waals surface area contributed by atoms with E-state index in [4.69, 9.17) is 0 Å². The van der Waals surface area contributed by atoms with Crippen LogP contribution < -0.4 is 10.6 Å². The predicted molar refractivity (Wildman–Crippen MR) is 98.7 cm³/mol. The molecular weight excluding hydrogens is 355 g/mol. The molecule has 27 heavy (non-hydrogen) atoms. The number of rotatable bonds is 4. The van der Waals surface area contributed by atoms with Gasteiger partial charge in [0.15, 0.2) is 0 Å². The summed E-state index contributed by atoms with van der Waals surface area (Å²) in [5, 5.41) is 5.76. The van der Waals surface area contributed by atoms with E-state index in [0.717, 1.165) is 24.7 Å². The number of benzene rings is 2. The fourth-order valence-electron chi connectivity index (χ4n) is 3.19. The van der Waals surface area contributed by atoms with E-state index in [9.17, 15) is 18.0 Å². The fourth-order valence-corrected chi connectivity index (χ4v) is 3.19. The third kappa shape index (κ3) is 4.87. The Morgan fingerprint density at radius 3 is 2.52 bits per heavy atom. The number of aryl methyl sites for hydroxylation is 1. The number of amides is 1. The Morgan fingerprint density at radius 2 is 1.85 bits per heavy atom. The largest absolute Gasteiger partial charge is 0.416 e. The van der Waals surface area contributed by atoms with Gasteiger partial charge in [-0.2, -0.15) is 13.2 Å². The molecule has 0 unspecified atom stereocenters. The molecule has 0 saturated carbocycles. The quantitative estimate of drug-likeness (QED) is 0.855. The molecule has 3 rings (SSSR count). The van der Waals surface area contributed by atoms with Gasteiger partial charge < -0.3 is 10.6 Å². The summed E-state index contributed by atoms with van der Waals surface area (Å²) in [5.74, 6) is -0.420. The summed E-state index contributed by atoms with van der Waals surface area (Å²) < 4.78 is 40.7. The lowest BCUT2D eigenvalue weighted by molar-refractivity contribution is -0.138. The van der Waals surface area contributed by atoms with Crippen LogP contribution in [0.5, 0.6) is 0 Å². The molecule has 0 spiro atoms. The van der Waals surface area contributed by atoms with E-state index in [1.54, 1.807) is 31.2 Å². The van der Waals surface area contributed by atoms with Crippen LogP contribution in [0.2, 0.25) is 0 Å². The summed E-state index contributed by atoms with van der Waals surface area (Å²) in [6, 6.07) is 11.0. The second-order valence-electron chi connectivity index (χ2n) is 6.66. The summed E-state index contributed by atoms with van der Waals surface area (Å²) in [6.45, 7) is 4.99. The molecule has 1 fully saturated rings. The van der Waals surface area contributed by atoms with Crippen LogP contribution in [-0.4, -0.2) is 37.0 Å². The van der Waals surface area contributed by atoms with Crippen LogP contribution in [0.3, 0.4) is 0 Å². The van der Waals surface area contributed by atoms with Gasteiger partial charge >= 0.3 is 6.18 Å². The van der Waals surface area contributed by atoms with Gasteiger partial charge in [0.25, 0.3) is 5.91 Å². The molecule has 144 valence electrons. The average Bonchev–Trinajstić information content (AvgIpc) is 2.63. The van der Waals surface area contributed by atoms with Crippen LogP contribution in [0.15, 0.2) is 42.5 Å². The lowest BCUT2D eigenvalue weighted by Crippen LogP contribution is -2.43. The Morgan fingerprint density at radius 1 is 1.15 bits per heavy atom. The van der Waals surface area contributed by atoms with Gasteiger partial charge in [0.05, 0.1) is 5.56 Å². The SMILES string of the molecule is Cc1ccccc1C(=O)Nc1ccc(CN2CCNCC2)c(C(F)(F)F)c1. The summed E-state index contributed by atoms with van der Waals surface area (Å²) in [4.78, 5) is 14.4. The van der Waals surface area contributed by atoms with Crippen LogP contribution in [0.1, 0.15) is 27.0 Å². The van der Waals surface area contributed by atoms with E-state index < -0.39 is 17.6 Å². The summed E-state index contributed by atoms with van der Waals surface area (Å²) in [6.07, 6.45) is -4.48. The number of halogens is 3. The van der Waals surface area contributed by atoms with Gasteiger partial charge in [0.2, 0.25) is 0 Å². The molecule has 0 atom stereocenters. The van der Waals surface area contributed by atoms with Crippen molar-refractivity contribution in [2.24, 2.45) is 0 Å². The van der Waals surface area contributed by atoms with Crippen LogP contribution in [0, 0.1) is 6.92 Å². The Labute approximate surface area is 156 Å². The number of hydrogen-bond acceptors (Lipinski definition) is 3. The zero-order chi connectivity index (χ0) is 19.4. The fraction of sp³-hybridized carbons (Fsp3) is 0.350. The highest BCUT2D eigenvalue weighted by Gasteiger charge is 2.34. The molecule has 7 heteroatoms. The van der Waals surface area contributed by atoms with Crippen LogP contribution in [0.4, 0.5) is 18.9 Å². The third-order valence-corrected chi connectivity index (χ3v) is 4.67. The van der Waals surface area contributed by atoms with E-state index in [1.165, 1.54) is 12.1 Å². The highest BCUT2D eigenvalue weighted by atomic mass is 19.4. The smallest absolute Gasteiger partial charge is 0.322 e. The molecule has 1 saturated heterocycles. The van der Waals surface area contributed by atoms with Gasteiger partial charge in [-0.05, 0) is 36.2 Å². The number of carbonyl (C=O) groups excluding carboxylic acids is 1. The van der Waals surface area contributed by atoms with Gasteiger partial charge in [-0.15, -0.1) is 0 Å². The van der Waals surface area contributed by atoms with Crippen molar-refractivity contribution in [2.75, 3.05) is 31.5 Å². The van der Waals surface area contributed by atoms with Gasteiger partial charge in [-0.1, -0.05) is 24.3 Å². The van der Waals surface area contributed by atoms with E-state index >= 15 is 0 Å². The Bertz CT molecular complexity index is 814. The van der Waals surface area contributed by atoms with Crippen LogP contribution in [0.25, 0.3) is 0 Å². The van der Waals surface area contributed by atoms with Crippen molar-refractivity contribution >= 4 is 11.6 Å². The van der Waals surface area contributed by atoms with Crippen molar-refractivity contribution in [2.45, 2.75) is 19.6 Å². The van der Waals surface area contributed by atoms with Crippen molar-refractivity contribution in [3.8, 4) is 0 Å². The van der Waals surface area contributed by atoms with Gasteiger partial charge in [-0.25, -0.2) is 0 Å². The molecular formula is C20H22F3N3O. The van der Waals surface area contributed by atoms with Gasteiger partial charge in [0.1, 0.15) is 0 Å². The van der Waals surface area contributed by atoms with Gasteiger partial charge in [-0.3, -0.25) is 9.69 Å². The normalized spacial score (nSPS) is 15.6. The predicted octanol–water partition coefficient (Wildman–Crippen LogP) is 3.67. The molecule has 0 aromatic heterocycles. The standard InChI is InChI=1S/C20H22F3N3O/c1-14-4-2-3-5-17(14)19(27)25-16-7-6-15(18(12-16)20(21,22)23)13-26-10-8-24-9-11-26/h2-7,12,24H,8-11,13H2,1H3,(H,25,27). The number of carbonyl (C=O) groups is 1. The Hall–Kier alpha value is -2.38. The summed E-state index contributed by atoms with van der Waals surface area (Å²) in [5.41, 5.74) is 0.860. The highest BCUT2D eigenvalue weighted by molar-refractivity contribution is 6.05. The second-order valence-corrected chi connectivity index (χ2v) is 6.66. The van der Waals surface area contributed by atoms with Crippen LogP contribution >= 0.6 is 0 Å². The highest BCUT2D eigenvalue weighted by Crippen LogP contribution is 2.34.